The molecule has 104 valence electrons. The molecule has 0 saturated heterocycles. The van der Waals surface area contributed by atoms with E-state index in [1.807, 2.05) is 0 Å². The maximum Gasteiger partial charge on any atom is 0.111 e. The first kappa shape index (κ1) is 14.4. The van der Waals surface area contributed by atoms with Crippen LogP contribution >= 0.6 is 11.6 Å². The molecule has 0 fully saturated rings. The third kappa shape index (κ3) is 3.48. The molecule has 0 amide bonds. The number of imidazole rings is 1. The number of hydrogen-bond acceptors (Lipinski definition) is 2. The highest BCUT2D eigenvalue weighted by Crippen LogP contribution is 2.19. The van der Waals surface area contributed by atoms with Crippen LogP contribution in [0.2, 0.25) is 0 Å². The molecule has 2 rings (SSSR count). The maximum absolute atomic E-state index is 5.89. The van der Waals surface area contributed by atoms with E-state index in [1.54, 1.807) is 0 Å². The molecule has 0 unspecified atom stereocenters. The average molecular weight is 280 g/mol. The lowest BCUT2D eigenvalue weighted by molar-refractivity contribution is 0.386. The fraction of sp³-hybridized carbons (Fsp3) is 0.533. The lowest BCUT2D eigenvalue weighted by Gasteiger charge is -2.12. The lowest BCUT2D eigenvalue weighted by atomic mass is 10.2. The van der Waals surface area contributed by atoms with Crippen LogP contribution in [-0.2, 0) is 13.0 Å². The Bertz CT molecular complexity index is 546. The van der Waals surface area contributed by atoms with Crippen LogP contribution < -0.4 is 0 Å². The second kappa shape index (κ2) is 6.40. The molecule has 3 nitrogen and oxygen atoms in total. The Morgan fingerprint density at radius 2 is 2.11 bits per heavy atom. The molecular weight excluding hydrogens is 258 g/mol. The standard InChI is InChI=1S/C15H22ClN3/c1-12-5-6-13-14(11-12)19(10-4-9-18(2)3)15(17-13)7-8-16/h5-6,11H,4,7-10H2,1-3H3. The van der Waals surface area contributed by atoms with Gasteiger partial charge in [0.1, 0.15) is 5.82 Å². The number of aromatic nitrogens is 2. The molecule has 0 aliphatic rings. The molecule has 0 bridgehead atoms. The van der Waals surface area contributed by atoms with Crippen molar-refractivity contribution in [2.24, 2.45) is 0 Å². The Balaban J connectivity index is 2.30. The summed E-state index contributed by atoms with van der Waals surface area (Å²) in [6, 6.07) is 6.44. The van der Waals surface area contributed by atoms with Crippen molar-refractivity contribution >= 4 is 22.6 Å². The van der Waals surface area contributed by atoms with Crippen molar-refractivity contribution in [1.29, 1.82) is 0 Å². The van der Waals surface area contributed by atoms with E-state index in [2.05, 4.69) is 48.7 Å². The van der Waals surface area contributed by atoms with E-state index in [-0.39, 0.29) is 0 Å². The summed E-state index contributed by atoms with van der Waals surface area (Å²) in [6.07, 6.45) is 1.96. The van der Waals surface area contributed by atoms with E-state index < -0.39 is 0 Å². The van der Waals surface area contributed by atoms with Gasteiger partial charge in [0, 0.05) is 18.8 Å². The number of hydrogen-bond donors (Lipinski definition) is 0. The van der Waals surface area contributed by atoms with Gasteiger partial charge in [-0.05, 0) is 51.7 Å². The second-order valence-corrected chi connectivity index (χ2v) is 5.65. The molecule has 2 aromatic rings. The quantitative estimate of drug-likeness (QED) is 0.758. The molecule has 4 heteroatoms. The highest BCUT2D eigenvalue weighted by Gasteiger charge is 2.10. The van der Waals surface area contributed by atoms with E-state index in [0.717, 1.165) is 37.3 Å². The fourth-order valence-corrected chi connectivity index (χ4v) is 2.52. The van der Waals surface area contributed by atoms with Gasteiger partial charge in [-0.2, -0.15) is 0 Å². The van der Waals surface area contributed by atoms with Gasteiger partial charge in [-0.1, -0.05) is 6.07 Å². The van der Waals surface area contributed by atoms with Crippen LogP contribution in [0.4, 0.5) is 0 Å². The van der Waals surface area contributed by atoms with Crippen molar-refractivity contribution < 1.29 is 0 Å². The molecule has 19 heavy (non-hydrogen) atoms. The summed E-state index contributed by atoms with van der Waals surface area (Å²) in [7, 11) is 4.21. The summed E-state index contributed by atoms with van der Waals surface area (Å²) in [5.41, 5.74) is 3.59. The highest BCUT2D eigenvalue weighted by molar-refractivity contribution is 6.17. The smallest absolute Gasteiger partial charge is 0.111 e. The molecule has 0 spiro atoms. The number of nitrogens with zero attached hydrogens (tertiary/aromatic N) is 3. The molecule has 0 saturated carbocycles. The zero-order chi connectivity index (χ0) is 13.8. The minimum Gasteiger partial charge on any atom is -0.328 e. The number of fused-ring (bicyclic) bond motifs is 1. The van der Waals surface area contributed by atoms with Crippen LogP contribution in [0.5, 0.6) is 0 Å². The molecule has 0 aliphatic carbocycles. The summed E-state index contributed by atoms with van der Waals surface area (Å²) in [4.78, 5) is 6.92. The van der Waals surface area contributed by atoms with Crippen molar-refractivity contribution in [3.8, 4) is 0 Å². The predicted octanol–water partition coefficient (Wildman–Crippen LogP) is 3.08. The summed E-state index contributed by atoms with van der Waals surface area (Å²) in [6.45, 7) is 4.22. The van der Waals surface area contributed by atoms with Crippen molar-refractivity contribution in [1.82, 2.24) is 14.5 Å². The number of halogens is 1. The van der Waals surface area contributed by atoms with E-state index in [4.69, 9.17) is 16.6 Å². The van der Waals surface area contributed by atoms with Crippen LogP contribution in [0.1, 0.15) is 17.8 Å². The Morgan fingerprint density at radius 3 is 2.79 bits per heavy atom. The van der Waals surface area contributed by atoms with Gasteiger partial charge in [-0.25, -0.2) is 4.98 Å². The first-order chi connectivity index (χ1) is 9.11. The van der Waals surface area contributed by atoms with E-state index >= 15 is 0 Å². The van der Waals surface area contributed by atoms with Crippen LogP contribution in [0.3, 0.4) is 0 Å². The van der Waals surface area contributed by atoms with Gasteiger partial charge < -0.3 is 9.47 Å². The second-order valence-electron chi connectivity index (χ2n) is 5.27. The van der Waals surface area contributed by atoms with Crippen molar-refractivity contribution in [2.75, 3.05) is 26.5 Å². The zero-order valence-electron chi connectivity index (χ0n) is 12.0. The maximum atomic E-state index is 5.89. The van der Waals surface area contributed by atoms with Crippen LogP contribution in [0, 0.1) is 6.92 Å². The van der Waals surface area contributed by atoms with Crippen LogP contribution in [0.25, 0.3) is 11.0 Å². The normalized spacial score (nSPS) is 11.6. The van der Waals surface area contributed by atoms with Crippen molar-refractivity contribution in [3.05, 3.63) is 29.6 Å². The lowest BCUT2D eigenvalue weighted by Crippen LogP contribution is -2.16. The first-order valence-electron chi connectivity index (χ1n) is 6.78. The van der Waals surface area contributed by atoms with E-state index in [1.165, 1.54) is 11.1 Å². The Labute approximate surface area is 120 Å². The average Bonchev–Trinajstić information content (AvgIpc) is 2.67. The molecule has 0 aliphatic heterocycles. The topological polar surface area (TPSA) is 21.1 Å². The Morgan fingerprint density at radius 1 is 1.32 bits per heavy atom. The van der Waals surface area contributed by atoms with Crippen LogP contribution in [0.15, 0.2) is 18.2 Å². The molecule has 1 aromatic carbocycles. The van der Waals surface area contributed by atoms with Crippen molar-refractivity contribution in [3.63, 3.8) is 0 Å². The third-order valence-electron chi connectivity index (χ3n) is 3.29. The van der Waals surface area contributed by atoms with Gasteiger partial charge in [-0.15, -0.1) is 11.6 Å². The molecule has 0 radical (unpaired) electrons. The SMILES string of the molecule is Cc1ccc2nc(CCCl)n(CCCN(C)C)c2c1. The van der Waals surface area contributed by atoms with Gasteiger partial charge in [0.25, 0.3) is 0 Å². The fourth-order valence-electron chi connectivity index (χ4n) is 2.35. The zero-order valence-corrected chi connectivity index (χ0v) is 12.7. The Hall–Kier alpha value is -1.06. The van der Waals surface area contributed by atoms with E-state index in [0.29, 0.717) is 5.88 Å². The largest absolute Gasteiger partial charge is 0.328 e. The molecule has 0 atom stereocenters. The predicted molar refractivity (Wildman–Crippen MR) is 82.1 cm³/mol. The summed E-state index contributed by atoms with van der Waals surface area (Å²) in [5.74, 6) is 1.73. The van der Waals surface area contributed by atoms with Gasteiger partial charge in [-0.3, -0.25) is 0 Å². The summed E-state index contributed by atoms with van der Waals surface area (Å²) in [5, 5.41) is 0. The van der Waals surface area contributed by atoms with Gasteiger partial charge in [0.2, 0.25) is 0 Å². The number of benzene rings is 1. The number of alkyl halides is 1. The monoisotopic (exact) mass is 279 g/mol. The summed E-state index contributed by atoms with van der Waals surface area (Å²) >= 11 is 5.89. The number of aryl methyl sites for hydroxylation is 3. The van der Waals surface area contributed by atoms with E-state index in [9.17, 15) is 0 Å². The van der Waals surface area contributed by atoms with Gasteiger partial charge in [0.05, 0.1) is 11.0 Å². The molecule has 1 heterocycles. The highest BCUT2D eigenvalue weighted by atomic mass is 35.5. The molecular formula is C15H22ClN3. The van der Waals surface area contributed by atoms with Crippen LogP contribution in [-0.4, -0.2) is 41.0 Å². The Kier molecular flexibility index (Phi) is 4.83. The molecule has 1 aromatic heterocycles. The van der Waals surface area contributed by atoms with Crippen molar-refractivity contribution in [2.45, 2.75) is 26.3 Å². The number of rotatable bonds is 6. The third-order valence-corrected chi connectivity index (χ3v) is 3.48. The summed E-state index contributed by atoms with van der Waals surface area (Å²) < 4.78 is 2.33. The minimum absolute atomic E-state index is 0.621. The molecule has 0 N–H and O–H groups in total. The minimum atomic E-state index is 0.621. The van der Waals surface area contributed by atoms with Gasteiger partial charge >= 0.3 is 0 Å². The van der Waals surface area contributed by atoms with Gasteiger partial charge in [0.15, 0.2) is 0 Å². The first-order valence-corrected chi connectivity index (χ1v) is 7.31.